The van der Waals surface area contributed by atoms with E-state index in [-0.39, 0.29) is 11.7 Å². The highest BCUT2D eigenvalue weighted by Gasteiger charge is 2.25. The Kier molecular flexibility index (Phi) is 3.68. The normalized spacial score (nSPS) is 15.0. The first-order valence-corrected chi connectivity index (χ1v) is 8.82. The number of nitrogens with zero attached hydrogens (tertiary/aromatic N) is 1. The molecule has 3 rings (SSSR count). The minimum Gasteiger partial charge on any atom is -0.342 e. The SMILES string of the molecule is O=C(CS(=O)(=O)Cc1cccc2ccccc12)N1CCC1. The van der Waals surface area contributed by atoms with E-state index in [0.29, 0.717) is 13.1 Å². The minimum absolute atomic E-state index is 0.0894. The number of rotatable bonds is 4. The van der Waals surface area contributed by atoms with E-state index in [4.69, 9.17) is 0 Å². The molecule has 1 aliphatic heterocycles. The van der Waals surface area contributed by atoms with Crippen molar-refractivity contribution in [3.8, 4) is 0 Å². The van der Waals surface area contributed by atoms with Crippen LogP contribution in [0.5, 0.6) is 0 Å². The van der Waals surface area contributed by atoms with Crippen LogP contribution in [0.25, 0.3) is 10.8 Å². The van der Waals surface area contributed by atoms with Crippen LogP contribution in [-0.2, 0) is 20.4 Å². The molecule has 0 atom stereocenters. The molecule has 0 N–H and O–H groups in total. The Morgan fingerprint density at radius 2 is 1.76 bits per heavy atom. The molecule has 2 aromatic rings. The van der Waals surface area contributed by atoms with Gasteiger partial charge in [0.15, 0.2) is 9.84 Å². The molecule has 4 nitrogen and oxygen atoms in total. The van der Waals surface area contributed by atoms with Crippen LogP contribution in [-0.4, -0.2) is 38.1 Å². The maximum Gasteiger partial charge on any atom is 0.237 e. The van der Waals surface area contributed by atoms with Crippen LogP contribution < -0.4 is 0 Å². The molecular weight excluding hydrogens is 286 g/mol. The van der Waals surface area contributed by atoms with E-state index < -0.39 is 15.6 Å². The zero-order valence-corrected chi connectivity index (χ0v) is 12.5. The molecule has 0 radical (unpaired) electrons. The summed E-state index contributed by atoms with van der Waals surface area (Å²) in [5.74, 6) is -0.758. The van der Waals surface area contributed by atoms with Crippen LogP contribution in [0.3, 0.4) is 0 Å². The van der Waals surface area contributed by atoms with Gasteiger partial charge in [0.25, 0.3) is 0 Å². The van der Waals surface area contributed by atoms with Crippen LogP contribution in [0.2, 0.25) is 0 Å². The van der Waals surface area contributed by atoms with E-state index >= 15 is 0 Å². The fourth-order valence-electron chi connectivity index (χ4n) is 2.55. The largest absolute Gasteiger partial charge is 0.342 e. The monoisotopic (exact) mass is 303 g/mol. The van der Waals surface area contributed by atoms with Crippen molar-refractivity contribution in [3.63, 3.8) is 0 Å². The summed E-state index contributed by atoms with van der Waals surface area (Å²) in [6.07, 6.45) is 0.967. The highest BCUT2D eigenvalue weighted by Crippen LogP contribution is 2.21. The number of carbonyl (C=O) groups is 1. The van der Waals surface area contributed by atoms with Crippen molar-refractivity contribution in [3.05, 3.63) is 48.0 Å². The highest BCUT2D eigenvalue weighted by molar-refractivity contribution is 7.91. The number of carbonyl (C=O) groups excluding carboxylic acids is 1. The summed E-state index contributed by atoms with van der Waals surface area (Å²) in [5, 5.41) is 1.94. The summed E-state index contributed by atoms with van der Waals surface area (Å²) in [5.41, 5.74) is 0.754. The Bertz CT molecular complexity index is 774. The van der Waals surface area contributed by atoms with Crippen molar-refractivity contribution in [2.75, 3.05) is 18.8 Å². The van der Waals surface area contributed by atoms with Gasteiger partial charge in [-0.15, -0.1) is 0 Å². The average Bonchev–Trinajstić information content (AvgIpc) is 2.35. The van der Waals surface area contributed by atoms with Gasteiger partial charge < -0.3 is 4.90 Å². The molecule has 0 aliphatic carbocycles. The maximum absolute atomic E-state index is 12.3. The number of sulfone groups is 1. The lowest BCUT2D eigenvalue weighted by Crippen LogP contribution is -2.44. The Hall–Kier alpha value is -1.88. The van der Waals surface area contributed by atoms with Crippen molar-refractivity contribution in [2.24, 2.45) is 0 Å². The van der Waals surface area contributed by atoms with Crippen LogP contribution in [0.15, 0.2) is 42.5 Å². The van der Waals surface area contributed by atoms with Crippen LogP contribution in [0.1, 0.15) is 12.0 Å². The third kappa shape index (κ3) is 3.08. The standard InChI is InChI=1S/C16H17NO3S/c18-16(17-9-4-10-17)12-21(19,20)11-14-7-3-6-13-5-1-2-8-15(13)14/h1-3,5-8H,4,9-12H2. The van der Waals surface area contributed by atoms with Gasteiger partial charge in [-0.3, -0.25) is 4.79 Å². The molecule has 1 amide bonds. The molecule has 1 fully saturated rings. The molecule has 1 heterocycles. The molecular formula is C16H17NO3S. The summed E-state index contributed by atoms with van der Waals surface area (Å²) in [4.78, 5) is 13.4. The van der Waals surface area contributed by atoms with Crippen molar-refractivity contribution in [2.45, 2.75) is 12.2 Å². The molecule has 21 heavy (non-hydrogen) atoms. The number of likely N-dealkylation sites (tertiary alicyclic amines) is 1. The Labute approximate surface area is 124 Å². The van der Waals surface area contributed by atoms with Crippen molar-refractivity contribution in [1.82, 2.24) is 4.90 Å². The first-order chi connectivity index (χ1) is 10.1. The molecule has 0 saturated carbocycles. The average molecular weight is 303 g/mol. The summed E-state index contributed by atoms with van der Waals surface area (Å²) in [7, 11) is -3.44. The van der Waals surface area contributed by atoms with Crippen LogP contribution in [0, 0.1) is 0 Å². The van der Waals surface area contributed by atoms with Gasteiger partial charge in [0.05, 0.1) is 5.75 Å². The predicted octanol–water partition coefficient (Wildman–Crippen LogP) is 1.99. The Morgan fingerprint density at radius 1 is 1.05 bits per heavy atom. The van der Waals surface area contributed by atoms with Gasteiger partial charge in [-0.25, -0.2) is 8.42 Å². The molecule has 2 aromatic carbocycles. The maximum atomic E-state index is 12.3. The first-order valence-electron chi connectivity index (χ1n) is 7.00. The molecule has 1 aliphatic rings. The molecule has 110 valence electrons. The highest BCUT2D eigenvalue weighted by atomic mass is 32.2. The van der Waals surface area contributed by atoms with E-state index in [1.165, 1.54) is 0 Å². The van der Waals surface area contributed by atoms with Gasteiger partial charge in [-0.2, -0.15) is 0 Å². The van der Waals surface area contributed by atoms with Crippen molar-refractivity contribution >= 4 is 26.5 Å². The van der Waals surface area contributed by atoms with Crippen LogP contribution in [0.4, 0.5) is 0 Å². The minimum atomic E-state index is -3.44. The summed E-state index contributed by atoms with van der Waals surface area (Å²) in [6.45, 7) is 1.37. The molecule has 0 spiro atoms. The lowest BCUT2D eigenvalue weighted by Gasteiger charge is -2.30. The quantitative estimate of drug-likeness (QED) is 0.868. The van der Waals surface area contributed by atoms with Crippen LogP contribution >= 0.6 is 0 Å². The van der Waals surface area contributed by atoms with E-state index in [2.05, 4.69) is 0 Å². The number of hydrogen-bond donors (Lipinski definition) is 0. The molecule has 0 unspecified atom stereocenters. The fourth-order valence-corrected chi connectivity index (χ4v) is 3.94. The third-order valence-electron chi connectivity index (χ3n) is 3.81. The molecule has 1 saturated heterocycles. The molecule has 5 heteroatoms. The van der Waals surface area contributed by atoms with Gasteiger partial charge in [0.1, 0.15) is 5.75 Å². The summed E-state index contributed by atoms with van der Waals surface area (Å²) < 4.78 is 24.5. The number of fused-ring (bicyclic) bond motifs is 1. The molecule has 0 bridgehead atoms. The number of hydrogen-bond acceptors (Lipinski definition) is 3. The zero-order chi connectivity index (χ0) is 14.9. The van der Waals surface area contributed by atoms with Gasteiger partial charge in [-0.05, 0) is 22.8 Å². The van der Waals surface area contributed by atoms with E-state index in [1.807, 2.05) is 42.5 Å². The molecule has 0 aromatic heterocycles. The fraction of sp³-hybridized carbons (Fsp3) is 0.312. The lowest BCUT2D eigenvalue weighted by molar-refractivity contribution is -0.131. The van der Waals surface area contributed by atoms with Gasteiger partial charge in [0, 0.05) is 13.1 Å². The van der Waals surface area contributed by atoms with Gasteiger partial charge in [0.2, 0.25) is 5.91 Å². The Balaban J connectivity index is 1.82. The van der Waals surface area contributed by atoms with E-state index in [1.54, 1.807) is 4.90 Å². The first kappa shape index (κ1) is 14.1. The summed E-state index contributed by atoms with van der Waals surface area (Å²) in [6, 6.07) is 13.3. The van der Waals surface area contributed by atoms with E-state index in [9.17, 15) is 13.2 Å². The van der Waals surface area contributed by atoms with E-state index in [0.717, 1.165) is 22.8 Å². The van der Waals surface area contributed by atoms with Gasteiger partial charge in [-0.1, -0.05) is 42.5 Å². The summed E-state index contributed by atoms with van der Waals surface area (Å²) >= 11 is 0. The zero-order valence-electron chi connectivity index (χ0n) is 11.7. The Morgan fingerprint density at radius 3 is 2.48 bits per heavy atom. The van der Waals surface area contributed by atoms with Crippen molar-refractivity contribution in [1.29, 1.82) is 0 Å². The second-order valence-electron chi connectivity index (χ2n) is 5.40. The number of benzene rings is 2. The topological polar surface area (TPSA) is 54.5 Å². The predicted molar refractivity (Wildman–Crippen MR) is 82.6 cm³/mol. The van der Waals surface area contributed by atoms with Crippen molar-refractivity contribution < 1.29 is 13.2 Å². The second-order valence-corrected chi connectivity index (χ2v) is 7.47. The third-order valence-corrected chi connectivity index (χ3v) is 5.25. The van der Waals surface area contributed by atoms with Gasteiger partial charge >= 0.3 is 0 Å². The second kappa shape index (κ2) is 5.48. The smallest absolute Gasteiger partial charge is 0.237 e. The lowest BCUT2D eigenvalue weighted by atomic mass is 10.1. The number of amides is 1.